The Morgan fingerprint density at radius 3 is 2.70 bits per heavy atom. The number of anilines is 1. The molecule has 5 N–H and O–H groups in total. The molecule has 9 heteroatoms. The summed E-state index contributed by atoms with van der Waals surface area (Å²) >= 11 is 0. The van der Waals surface area contributed by atoms with Crippen molar-refractivity contribution in [1.29, 1.82) is 0 Å². The fourth-order valence-electron chi connectivity index (χ4n) is 2.17. The summed E-state index contributed by atoms with van der Waals surface area (Å²) in [4.78, 5) is 22.2. The van der Waals surface area contributed by atoms with Crippen LogP contribution < -0.4 is 16.8 Å². The fraction of sp³-hybridized carbons (Fsp3) is 0.214. The third-order valence-electron chi connectivity index (χ3n) is 3.07. The summed E-state index contributed by atoms with van der Waals surface area (Å²) in [5.74, 6) is -0.254. The summed E-state index contributed by atoms with van der Waals surface area (Å²) in [6, 6.07) is 2.76. The van der Waals surface area contributed by atoms with E-state index in [1.54, 1.807) is 25.1 Å². The van der Waals surface area contributed by atoms with Gasteiger partial charge in [0.1, 0.15) is 17.0 Å². The van der Waals surface area contributed by atoms with Gasteiger partial charge >= 0.3 is 0 Å². The van der Waals surface area contributed by atoms with E-state index in [0.717, 1.165) is 6.07 Å². The molecule has 0 atom stereocenters. The summed E-state index contributed by atoms with van der Waals surface area (Å²) < 4.78 is 5.46. The van der Waals surface area contributed by atoms with E-state index in [9.17, 15) is 14.9 Å². The van der Waals surface area contributed by atoms with Crippen LogP contribution in [0.15, 0.2) is 28.7 Å². The minimum Gasteiger partial charge on any atom is -0.460 e. The van der Waals surface area contributed by atoms with Crippen molar-refractivity contribution in [2.45, 2.75) is 6.92 Å². The van der Waals surface area contributed by atoms with Gasteiger partial charge in [-0.15, -0.1) is 12.4 Å². The first-order chi connectivity index (χ1) is 10.5. The lowest BCUT2D eigenvalue weighted by molar-refractivity contribution is -0.383. The van der Waals surface area contributed by atoms with Crippen molar-refractivity contribution in [3.8, 4) is 0 Å². The van der Waals surface area contributed by atoms with Crippen molar-refractivity contribution in [3.63, 3.8) is 0 Å². The smallest absolute Gasteiger partial charge is 0.294 e. The molecule has 0 saturated heterocycles. The Labute approximate surface area is 138 Å². The molecular formula is C14H17ClN4O4. The van der Waals surface area contributed by atoms with E-state index >= 15 is 0 Å². The van der Waals surface area contributed by atoms with Crippen LogP contribution in [-0.2, 0) is 0 Å². The van der Waals surface area contributed by atoms with Gasteiger partial charge in [-0.3, -0.25) is 14.9 Å². The highest BCUT2D eigenvalue weighted by atomic mass is 35.5. The molecule has 0 aliphatic rings. The van der Waals surface area contributed by atoms with Crippen LogP contribution >= 0.6 is 12.4 Å². The van der Waals surface area contributed by atoms with E-state index in [2.05, 4.69) is 5.32 Å². The maximum absolute atomic E-state index is 11.5. The molecule has 1 aromatic carbocycles. The predicted octanol–water partition coefficient (Wildman–Crippen LogP) is 2.10. The van der Waals surface area contributed by atoms with E-state index in [1.807, 2.05) is 0 Å². The second-order valence-electron chi connectivity index (χ2n) is 4.63. The standard InChI is InChI=1S/C14H16N4O4.ClH/c1-8-6-9-12(17-5-3-2-4-15)11(18(20)21)7-10(14(16)19)13(9)22-8;/h2-3,6-7,17H,4-5,15H2,1H3,(H2,16,19);1H/b3-2+;. The first kappa shape index (κ1) is 18.5. The highest BCUT2D eigenvalue weighted by Crippen LogP contribution is 2.37. The van der Waals surface area contributed by atoms with Gasteiger partial charge in [-0.05, 0) is 13.0 Å². The molecule has 0 bridgehead atoms. The van der Waals surface area contributed by atoms with Crippen LogP contribution in [0.2, 0.25) is 0 Å². The number of nitrogens with one attached hydrogen (secondary N) is 1. The molecule has 0 radical (unpaired) electrons. The van der Waals surface area contributed by atoms with Gasteiger partial charge in [-0.2, -0.15) is 0 Å². The van der Waals surface area contributed by atoms with Gasteiger partial charge in [0.15, 0.2) is 0 Å². The van der Waals surface area contributed by atoms with Crippen molar-refractivity contribution >= 4 is 40.7 Å². The van der Waals surface area contributed by atoms with Crippen LogP contribution in [0.25, 0.3) is 11.0 Å². The Morgan fingerprint density at radius 2 is 2.13 bits per heavy atom. The molecule has 0 aliphatic carbocycles. The molecule has 0 unspecified atom stereocenters. The lowest BCUT2D eigenvalue weighted by Crippen LogP contribution is -2.13. The largest absolute Gasteiger partial charge is 0.460 e. The molecule has 124 valence electrons. The SMILES string of the molecule is Cc1cc2c(NC/C=C/CN)c([N+](=O)[O-])cc(C(N)=O)c2o1.Cl. The fourth-order valence-corrected chi connectivity index (χ4v) is 2.17. The van der Waals surface area contributed by atoms with Crippen molar-refractivity contribution in [2.75, 3.05) is 18.4 Å². The summed E-state index contributed by atoms with van der Waals surface area (Å²) in [5.41, 5.74) is 10.9. The number of rotatable bonds is 6. The molecular weight excluding hydrogens is 324 g/mol. The van der Waals surface area contributed by atoms with Crippen LogP contribution in [0.4, 0.5) is 11.4 Å². The molecule has 1 aromatic heterocycles. The summed E-state index contributed by atoms with van der Waals surface area (Å²) in [6.45, 7) is 2.42. The average molecular weight is 341 g/mol. The number of halogens is 1. The zero-order chi connectivity index (χ0) is 16.3. The van der Waals surface area contributed by atoms with Gasteiger partial charge in [0.25, 0.3) is 11.6 Å². The van der Waals surface area contributed by atoms with E-state index < -0.39 is 10.8 Å². The molecule has 8 nitrogen and oxygen atoms in total. The third kappa shape index (κ3) is 3.79. The Balaban J connectivity index is 0.00000264. The molecule has 23 heavy (non-hydrogen) atoms. The van der Waals surface area contributed by atoms with E-state index in [4.69, 9.17) is 15.9 Å². The lowest BCUT2D eigenvalue weighted by Gasteiger charge is -2.08. The molecule has 0 fully saturated rings. The summed E-state index contributed by atoms with van der Waals surface area (Å²) in [5, 5.41) is 14.7. The monoisotopic (exact) mass is 340 g/mol. The minimum atomic E-state index is -0.781. The highest BCUT2D eigenvalue weighted by Gasteiger charge is 2.24. The zero-order valence-corrected chi connectivity index (χ0v) is 13.2. The van der Waals surface area contributed by atoms with E-state index in [-0.39, 0.29) is 34.9 Å². The van der Waals surface area contributed by atoms with E-state index in [0.29, 0.717) is 24.2 Å². The summed E-state index contributed by atoms with van der Waals surface area (Å²) in [6.07, 6.45) is 3.49. The quantitative estimate of drug-likeness (QED) is 0.418. The van der Waals surface area contributed by atoms with Crippen LogP contribution in [0, 0.1) is 17.0 Å². The number of primary amides is 1. The molecule has 1 amide bonds. The Kier molecular flexibility index (Phi) is 6.11. The number of nitrogens with zero attached hydrogens (tertiary/aromatic N) is 1. The lowest BCUT2D eigenvalue weighted by atomic mass is 10.1. The summed E-state index contributed by atoms with van der Waals surface area (Å²) in [7, 11) is 0. The number of hydrogen-bond acceptors (Lipinski definition) is 6. The minimum absolute atomic E-state index is 0. The van der Waals surface area contributed by atoms with Gasteiger partial charge < -0.3 is 21.2 Å². The van der Waals surface area contributed by atoms with Gasteiger partial charge in [-0.1, -0.05) is 12.2 Å². The number of nitro benzene ring substituents is 1. The van der Waals surface area contributed by atoms with Crippen LogP contribution in [-0.4, -0.2) is 23.9 Å². The first-order valence-electron chi connectivity index (χ1n) is 6.56. The van der Waals surface area contributed by atoms with Gasteiger partial charge in [-0.25, -0.2) is 0 Å². The van der Waals surface area contributed by atoms with E-state index in [1.165, 1.54) is 0 Å². The number of nitro groups is 1. The van der Waals surface area contributed by atoms with Gasteiger partial charge in [0, 0.05) is 19.2 Å². The normalized spacial score (nSPS) is 10.7. The number of carbonyl (C=O) groups excluding carboxylic acids is 1. The first-order valence-corrected chi connectivity index (χ1v) is 6.56. The number of nitrogens with two attached hydrogens (primary N) is 2. The maximum Gasteiger partial charge on any atom is 0.294 e. The average Bonchev–Trinajstić information content (AvgIpc) is 2.83. The molecule has 1 heterocycles. The van der Waals surface area contributed by atoms with Gasteiger partial charge in [0.05, 0.1) is 15.9 Å². The Hall–Kier alpha value is -2.58. The van der Waals surface area contributed by atoms with Crippen molar-refractivity contribution in [2.24, 2.45) is 11.5 Å². The van der Waals surface area contributed by atoms with Crippen molar-refractivity contribution in [1.82, 2.24) is 0 Å². The van der Waals surface area contributed by atoms with Crippen molar-refractivity contribution in [3.05, 3.63) is 45.7 Å². The topological polar surface area (TPSA) is 137 Å². The molecule has 2 aromatic rings. The van der Waals surface area contributed by atoms with Crippen LogP contribution in [0.5, 0.6) is 0 Å². The number of benzene rings is 1. The number of amides is 1. The Bertz CT molecular complexity index is 770. The molecule has 2 rings (SSSR count). The van der Waals surface area contributed by atoms with Crippen molar-refractivity contribution < 1.29 is 14.1 Å². The number of hydrogen-bond donors (Lipinski definition) is 3. The molecule has 0 spiro atoms. The second kappa shape index (κ2) is 7.61. The van der Waals surface area contributed by atoms with Crippen LogP contribution in [0.3, 0.4) is 0 Å². The second-order valence-corrected chi connectivity index (χ2v) is 4.63. The van der Waals surface area contributed by atoms with Gasteiger partial charge in [0.2, 0.25) is 0 Å². The number of fused-ring (bicyclic) bond motifs is 1. The predicted molar refractivity (Wildman–Crippen MR) is 90.1 cm³/mol. The number of carbonyl (C=O) groups is 1. The number of furan rings is 1. The Morgan fingerprint density at radius 1 is 1.43 bits per heavy atom. The third-order valence-corrected chi connectivity index (χ3v) is 3.07. The zero-order valence-electron chi connectivity index (χ0n) is 12.4. The number of aryl methyl sites for hydroxylation is 1. The molecule has 0 aliphatic heterocycles. The maximum atomic E-state index is 11.5. The molecule has 0 saturated carbocycles. The highest BCUT2D eigenvalue weighted by molar-refractivity contribution is 6.10. The van der Waals surface area contributed by atoms with Crippen LogP contribution in [0.1, 0.15) is 16.1 Å².